The van der Waals surface area contributed by atoms with Crippen molar-refractivity contribution in [1.29, 1.82) is 0 Å². The maximum atomic E-state index is 11.0. The fourth-order valence-electron chi connectivity index (χ4n) is 0.750. The van der Waals surface area contributed by atoms with E-state index in [0.29, 0.717) is 13.2 Å². The fourth-order valence-corrected chi connectivity index (χ4v) is 0.750. The molecular weight excluding hydrogens is 158 g/mol. The highest BCUT2D eigenvalue weighted by Gasteiger charge is 2.15. The van der Waals surface area contributed by atoms with Gasteiger partial charge in [-0.3, -0.25) is 15.1 Å². The number of methoxy groups -OCH3 is 1. The summed E-state index contributed by atoms with van der Waals surface area (Å²) in [7, 11) is 3.47. The number of hydrogen-bond acceptors (Lipinski definition) is 4. The third-order valence-corrected chi connectivity index (χ3v) is 1.83. The van der Waals surface area contributed by atoms with Crippen molar-refractivity contribution in [1.82, 2.24) is 10.3 Å². The smallest absolute Gasteiger partial charge is 0.250 e. The van der Waals surface area contributed by atoms with E-state index >= 15 is 0 Å². The Balaban J connectivity index is 3.75. The molecule has 3 N–H and O–H groups in total. The molecule has 0 spiro atoms. The molecule has 0 saturated heterocycles. The minimum atomic E-state index is -0.217. The molecule has 1 atom stereocenters. The Bertz CT molecular complexity index is 141. The van der Waals surface area contributed by atoms with Crippen molar-refractivity contribution in [2.45, 2.75) is 13.0 Å². The first-order valence-corrected chi connectivity index (χ1v) is 3.83. The summed E-state index contributed by atoms with van der Waals surface area (Å²) in [5.41, 5.74) is 2.10. The molecule has 0 aromatic rings. The number of carbonyl (C=O) groups is 1. The molecule has 0 rings (SSSR count). The number of nitrogens with one attached hydrogen (secondary N) is 1. The van der Waals surface area contributed by atoms with E-state index < -0.39 is 0 Å². The molecule has 1 unspecified atom stereocenters. The SMILES string of the molecule is COCCN(C)C(C)C(=O)NN. The predicted molar refractivity (Wildman–Crippen MR) is 46.3 cm³/mol. The molecule has 0 radical (unpaired) electrons. The van der Waals surface area contributed by atoms with Crippen molar-refractivity contribution in [3.8, 4) is 0 Å². The number of rotatable bonds is 5. The van der Waals surface area contributed by atoms with Crippen LogP contribution in [0.2, 0.25) is 0 Å². The highest BCUT2D eigenvalue weighted by Crippen LogP contribution is 1.93. The number of likely N-dealkylation sites (N-methyl/N-ethyl adjacent to an activating group) is 1. The van der Waals surface area contributed by atoms with Gasteiger partial charge in [0, 0.05) is 13.7 Å². The standard InChI is InChI=1S/C7H17N3O2/c1-6(7(11)9-8)10(2)4-5-12-3/h6H,4-5,8H2,1-3H3,(H,9,11). The van der Waals surface area contributed by atoms with Gasteiger partial charge in [-0.15, -0.1) is 0 Å². The van der Waals surface area contributed by atoms with Gasteiger partial charge in [0.15, 0.2) is 0 Å². The lowest BCUT2D eigenvalue weighted by Gasteiger charge is -2.22. The maximum Gasteiger partial charge on any atom is 0.250 e. The number of hydrogen-bond donors (Lipinski definition) is 2. The van der Waals surface area contributed by atoms with Gasteiger partial charge in [0.1, 0.15) is 0 Å². The summed E-state index contributed by atoms with van der Waals surface area (Å²) in [6.07, 6.45) is 0. The van der Waals surface area contributed by atoms with Crippen LogP contribution in [0.1, 0.15) is 6.92 Å². The largest absolute Gasteiger partial charge is 0.383 e. The molecule has 12 heavy (non-hydrogen) atoms. The van der Waals surface area contributed by atoms with Crippen molar-refractivity contribution in [2.75, 3.05) is 27.3 Å². The van der Waals surface area contributed by atoms with E-state index in [2.05, 4.69) is 5.43 Å². The summed E-state index contributed by atoms with van der Waals surface area (Å²) in [5, 5.41) is 0. The van der Waals surface area contributed by atoms with Crippen LogP contribution in [0, 0.1) is 0 Å². The van der Waals surface area contributed by atoms with Gasteiger partial charge in [0.25, 0.3) is 5.91 Å². The van der Waals surface area contributed by atoms with Gasteiger partial charge in [0.2, 0.25) is 0 Å². The molecule has 0 bridgehead atoms. The van der Waals surface area contributed by atoms with E-state index in [-0.39, 0.29) is 11.9 Å². The summed E-state index contributed by atoms with van der Waals surface area (Å²) in [6, 6.07) is -0.217. The van der Waals surface area contributed by atoms with Crippen LogP contribution < -0.4 is 11.3 Å². The van der Waals surface area contributed by atoms with Crippen LogP contribution in [0.3, 0.4) is 0 Å². The molecule has 0 aliphatic carbocycles. The maximum absolute atomic E-state index is 11.0. The molecule has 0 aromatic carbocycles. The zero-order valence-electron chi connectivity index (χ0n) is 7.83. The Labute approximate surface area is 72.8 Å². The Morgan fingerprint density at radius 3 is 2.75 bits per heavy atom. The molecule has 0 aromatic heterocycles. The Kier molecular flexibility index (Phi) is 5.61. The van der Waals surface area contributed by atoms with Crippen LogP contribution >= 0.6 is 0 Å². The first-order chi connectivity index (χ1) is 5.63. The summed E-state index contributed by atoms with van der Waals surface area (Å²) in [6.45, 7) is 3.11. The quantitative estimate of drug-likeness (QED) is 0.317. The van der Waals surface area contributed by atoms with Crippen LogP contribution in [-0.2, 0) is 9.53 Å². The average molecular weight is 175 g/mol. The zero-order chi connectivity index (χ0) is 9.56. The Hall–Kier alpha value is -0.650. The van der Waals surface area contributed by atoms with Crippen molar-refractivity contribution in [2.24, 2.45) is 5.84 Å². The Morgan fingerprint density at radius 2 is 2.33 bits per heavy atom. The summed E-state index contributed by atoms with van der Waals surface area (Å²) in [4.78, 5) is 12.9. The second-order valence-electron chi connectivity index (χ2n) is 2.66. The second kappa shape index (κ2) is 5.93. The highest BCUT2D eigenvalue weighted by molar-refractivity contribution is 5.80. The van der Waals surface area contributed by atoms with Gasteiger partial charge < -0.3 is 4.74 Å². The molecule has 5 nitrogen and oxygen atoms in total. The van der Waals surface area contributed by atoms with Gasteiger partial charge in [0.05, 0.1) is 12.6 Å². The molecule has 1 amide bonds. The summed E-state index contributed by atoms with van der Waals surface area (Å²) >= 11 is 0. The lowest BCUT2D eigenvalue weighted by atomic mass is 10.3. The monoisotopic (exact) mass is 175 g/mol. The molecular formula is C7H17N3O2. The fraction of sp³-hybridized carbons (Fsp3) is 0.857. The molecule has 0 aliphatic rings. The van der Waals surface area contributed by atoms with Gasteiger partial charge in [-0.25, -0.2) is 5.84 Å². The van der Waals surface area contributed by atoms with Gasteiger partial charge in [-0.05, 0) is 14.0 Å². The topological polar surface area (TPSA) is 67.6 Å². The third-order valence-electron chi connectivity index (χ3n) is 1.83. The van der Waals surface area contributed by atoms with Crippen molar-refractivity contribution in [3.63, 3.8) is 0 Å². The number of amides is 1. The zero-order valence-corrected chi connectivity index (χ0v) is 7.83. The van der Waals surface area contributed by atoms with Gasteiger partial charge in [-0.2, -0.15) is 0 Å². The van der Waals surface area contributed by atoms with E-state index in [1.807, 2.05) is 11.9 Å². The molecule has 0 saturated carbocycles. The van der Waals surface area contributed by atoms with Crippen LogP contribution in [0.15, 0.2) is 0 Å². The Morgan fingerprint density at radius 1 is 1.75 bits per heavy atom. The van der Waals surface area contributed by atoms with Crippen molar-refractivity contribution < 1.29 is 9.53 Å². The molecule has 72 valence electrons. The number of hydrazine groups is 1. The van der Waals surface area contributed by atoms with Gasteiger partial charge >= 0.3 is 0 Å². The van der Waals surface area contributed by atoms with Crippen LogP contribution in [0.4, 0.5) is 0 Å². The number of nitrogens with zero attached hydrogens (tertiary/aromatic N) is 1. The lowest BCUT2D eigenvalue weighted by Crippen LogP contribution is -2.46. The lowest BCUT2D eigenvalue weighted by molar-refractivity contribution is -0.125. The molecule has 0 heterocycles. The van der Waals surface area contributed by atoms with Crippen LogP contribution in [0.25, 0.3) is 0 Å². The first kappa shape index (κ1) is 11.4. The molecule has 0 aliphatic heterocycles. The van der Waals surface area contributed by atoms with E-state index in [9.17, 15) is 4.79 Å². The highest BCUT2D eigenvalue weighted by atomic mass is 16.5. The van der Waals surface area contributed by atoms with Crippen molar-refractivity contribution in [3.05, 3.63) is 0 Å². The minimum Gasteiger partial charge on any atom is -0.383 e. The third kappa shape index (κ3) is 3.66. The van der Waals surface area contributed by atoms with E-state index in [1.54, 1.807) is 14.0 Å². The molecule has 0 fully saturated rings. The second-order valence-corrected chi connectivity index (χ2v) is 2.66. The average Bonchev–Trinajstić information content (AvgIpc) is 2.11. The number of nitrogens with two attached hydrogens (primary N) is 1. The van der Waals surface area contributed by atoms with Crippen LogP contribution in [-0.4, -0.2) is 44.2 Å². The number of carbonyl (C=O) groups excluding carboxylic acids is 1. The van der Waals surface area contributed by atoms with E-state index in [0.717, 1.165) is 0 Å². The van der Waals surface area contributed by atoms with Gasteiger partial charge in [-0.1, -0.05) is 0 Å². The molecule has 5 heteroatoms. The van der Waals surface area contributed by atoms with Crippen molar-refractivity contribution >= 4 is 5.91 Å². The van der Waals surface area contributed by atoms with E-state index in [1.165, 1.54) is 0 Å². The predicted octanol–water partition coefficient (Wildman–Crippen LogP) is -1.06. The summed E-state index contributed by atoms with van der Waals surface area (Å²) < 4.78 is 4.87. The minimum absolute atomic E-state index is 0.186. The van der Waals surface area contributed by atoms with E-state index in [4.69, 9.17) is 10.6 Å². The first-order valence-electron chi connectivity index (χ1n) is 3.83. The number of ether oxygens (including phenoxy) is 1. The summed E-state index contributed by atoms with van der Waals surface area (Å²) in [5.74, 6) is 4.80. The van der Waals surface area contributed by atoms with Crippen LogP contribution in [0.5, 0.6) is 0 Å². The normalized spacial score (nSPS) is 13.1.